The monoisotopic (exact) mass is 275 g/mol. The Morgan fingerprint density at radius 3 is 3.00 bits per heavy atom. The minimum Gasteiger partial charge on any atom is -0.508 e. The quantitative estimate of drug-likeness (QED) is 0.915. The molecular weight excluding hydrogens is 254 g/mol. The van der Waals surface area contributed by atoms with Gasteiger partial charge in [0, 0.05) is 13.1 Å². The van der Waals surface area contributed by atoms with Crippen molar-refractivity contribution in [2.24, 2.45) is 5.92 Å². The van der Waals surface area contributed by atoms with Gasteiger partial charge >= 0.3 is 0 Å². The maximum absolute atomic E-state index is 12.4. The van der Waals surface area contributed by atoms with Crippen molar-refractivity contribution in [1.29, 1.82) is 0 Å². The molecule has 1 aromatic rings. The molecule has 1 amide bonds. The van der Waals surface area contributed by atoms with Crippen molar-refractivity contribution in [3.05, 3.63) is 29.3 Å². The predicted molar refractivity (Wildman–Crippen MR) is 75.4 cm³/mol. The third kappa shape index (κ3) is 2.96. The van der Waals surface area contributed by atoms with E-state index in [9.17, 15) is 9.90 Å². The van der Waals surface area contributed by atoms with Crippen LogP contribution in [0.4, 0.5) is 0 Å². The van der Waals surface area contributed by atoms with E-state index in [1.54, 1.807) is 12.1 Å². The van der Waals surface area contributed by atoms with Crippen molar-refractivity contribution in [2.45, 2.75) is 38.8 Å². The number of fused-ring (bicyclic) bond motifs is 1. The first-order chi connectivity index (χ1) is 9.63. The molecule has 0 radical (unpaired) electrons. The van der Waals surface area contributed by atoms with Gasteiger partial charge in [-0.1, -0.05) is 6.07 Å². The molecule has 3 rings (SSSR count). The summed E-state index contributed by atoms with van der Waals surface area (Å²) in [4.78, 5) is 14.2. The van der Waals surface area contributed by atoms with E-state index in [2.05, 4.69) is 0 Å². The normalized spacial score (nSPS) is 19.6. The van der Waals surface area contributed by atoms with E-state index in [0.29, 0.717) is 19.1 Å². The molecule has 0 saturated heterocycles. The van der Waals surface area contributed by atoms with Gasteiger partial charge in [0.15, 0.2) is 0 Å². The Morgan fingerprint density at radius 2 is 2.25 bits per heavy atom. The van der Waals surface area contributed by atoms with Crippen molar-refractivity contribution in [2.75, 3.05) is 13.2 Å². The highest BCUT2D eigenvalue weighted by Gasteiger charge is 2.28. The minimum atomic E-state index is -0.366. The van der Waals surface area contributed by atoms with Crippen molar-refractivity contribution in [1.82, 2.24) is 4.90 Å². The summed E-state index contributed by atoms with van der Waals surface area (Å²) in [6, 6.07) is 5.40. The van der Waals surface area contributed by atoms with Crippen molar-refractivity contribution in [3.63, 3.8) is 0 Å². The van der Waals surface area contributed by atoms with Gasteiger partial charge in [0.1, 0.15) is 11.9 Å². The molecular formula is C16H21NO3. The fraction of sp³-hybridized carbons (Fsp3) is 0.562. The second-order valence-electron chi connectivity index (χ2n) is 5.88. The van der Waals surface area contributed by atoms with Gasteiger partial charge in [-0.05, 0) is 55.4 Å². The largest absolute Gasteiger partial charge is 0.508 e. The highest BCUT2D eigenvalue weighted by atomic mass is 16.5. The fourth-order valence-corrected chi connectivity index (χ4v) is 2.62. The lowest BCUT2D eigenvalue weighted by Crippen LogP contribution is -2.42. The number of phenolic OH excluding ortho intramolecular Hbond substituents is 1. The summed E-state index contributed by atoms with van der Waals surface area (Å²) in [6.45, 7) is 3.84. The van der Waals surface area contributed by atoms with E-state index in [-0.39, 0.29) is 17.8 Å². The topological polar surface area (TPSA) is 49.8 Å². The van der Waals surface area contributed by atoms with Gasteiger partial charge in [-0.3, -0.25) is 4.79 Å². The first-order valence-corrected chi connectivity index (χ1v) is 7.34. The standard InChI is InChI=1S/C16H21NO3/c1-11(20-10-12-2-3-12)16(19)17-7-6-13-4-5-15(18)8-14(13)9-17/h4-5,8,11-12,18H,2-3,6-7,9-10H2,1H3/t11-/m0/s1. The Hall–Kier alpha value is -1.55. The van der Waals surface area contributed by atoms with Gasteiger partial charge in [-0.15, -0.1) is 0 Å². The molecule has 1 fully saturated rings. The molecule has 1 saturated carbocycles. The third-order valence-electron chi connectivity index (χ3n) is 4.14. The average Bonchev–Trinajstić information content (AvgIpc) is 3.27. The molecule has 0 unspecified atom stereocenters. The van der Waals surface area contributed by atoms with Gasteiger partial charge in [0.25, 0.3) is 5.91 Å². The first kappa shape index (κ1) is 13.4. The van der Waals surface area contributed by atoms with Crippen molar-refractivity contribution in [3.8, 4) is 5.75 Å². The highest BCUT2D eigenvalue weighted by molar-refractivity contribution is 5.80. The number of phenols is 1. The van der Waals surface area contributed by atoms with E-state index in [1.807, 2.05) is 17.9 Å². The molecule has 4 heteroatoms. The van der Waals surface area contributed by atoms with Crippen LogP contribution in [0.15, 0.2) is 18.2 Å². The summed E-state index contributed by atoms with van der Waals surface area (Å²) in [7, 11) is 0. The third-order valence-corrected chi connectivity index (χ3v) is 4.14. The van der Waals surface area contributed by atoms with Crippen LogP contribution >= 0.6 is 0 Å². The second-order valence-corrected chi connectivity index (χ2v) is 5.88. The van der Waals surface area contributed by atoms with Crippen LogP contribution in [0.25, 0.3) is 0 Å². The summed E-state index contributed by atoms with van der Waals surface area (Å²) in [6.07, 6.45) is 2.94. The first-order valence-electron chi connectivity index (χ1n) is 7.34. The Kier molecular flexibility index (Phi) is 3.66. The van der Waals surface area contributed by atoms with Crippen molar-refractivity contribution >= 4 is 5.91 Å². The number of rotatable bonds is 4. The summed E-state index contributed by atoms with van der Waals surface area (Å²) in [5, 5.41) is 9.55. The van der Waals surface area contributed by atoms with E-state index < -0.39 is 0 Å². The zero-order valence-corrected chi connectivity index (χ0v) is 11.8. The van der Waals surface area contributed by atoms with Crippen LogP contribution in [0, 0.1) is 5.92 Å². The molecule has 0 aromatic heterocycles. The smallest absolute Gasteiger partial charge is 0.251 e. The van der Waals surface area contributed by atoms with Crippen LogP contribution in [0.1, 0.15) is 30.9 Å². The average molecular weight is 275 g/mol. The Morgan fingerprint density at radius 1 is 1.45 bits per heavy atom. The van der Waals surface area contributed by atoms with Gasteiger partial charge in [-0.2, -0.15) is 0 Å². The Labute approximate surface area is 119 Å². The molecule has 1 aliphatic carbocycles. The van der Waals surface area contributed by atoms with Crippen LogP contribution in [0.5, 0.6) is 5.75 Å². The number of hydrogen-bond donors (Lipinski definition) is 1. The minimum absolute atomic E-state index is 0.0552. The molecule has 1 N–H and O–H groups in total. The molecule has 20 heavy (non-hydrogen) atoms. The van der Waals surface area contributed by atoms with Crippen LogP contribution in [0.2, 0.25) is 0 Å². The summed E-state index contributed by atoms with van der Waals surface area (Å²) in [5.41, 5.74) is 2.26. The number of benzene rings is 1. The van der Waals surface area contributed by atoms with Crippen molar-refractivity contribution < 1.29 is 14.6 Å². The number of hydrogen-bond acceptors (Lipinski definition) is 3. The molecule has 0 bridgehead atoms. The molecule has 2 aliphatic rings. The Bertz CT molecular complexity index is 510. The van der Waals surface area contributed by atoms with E-state index in [4.69, 9.17) is 4.74 Å². The second kappa shape index (κ2) is 5.44. The summed E-state index contributed by atoms with van der Waals surface area (Å²) < 4.78 is 5.65. The molecule has 1 heterocycles. The lowest BCUT2D eigenvalue weighted by molar-refractivity contribution is -0.143. The number of carbonyl (C=O) groups excluding carboxylic acids is 1. The molecule has 1 atom stereocenters. The number of amides is 1. The molecule has 108 valence electrons. The number of ether oxygens (including phenoxy) is 1. The highest BCUT2D eigenvalue weighted by Crippen LogP contribution is 2.29. The molecule has 1 aliphatic heterocycles. The van der Waals surface area contributed by atoms with Gasteiger partial charge < -0.3 is 14.7 Å². The maximum atomic E-state index is 12.4. The van der Waals surface area contributed by atoms with E-state index >= 15 is 0 Å². The zero-order valence-electron chi connectivity index (χ0n) is 11.8. The number of carbonyl (C=O) groups is 1. The summed E-state index contributed by atoms with van der Waals surface area (Å²) >= 11 is 0. The zero-order chi connectivity index (χ0) is 14.1. The van der Waals surface area contributed by atoms with Gasteiger partial charge in [0.2, 0.25) is 0 Å². The lowest BCUT2D eigenvalue weighted by atomic mass is 9.99. The molecule has 1 aromatic carbocycles. The van der Waals surface area contributed by atoms with E-state index in [1.165, 1.54) is 18.4 Å². The van der Waals surface area contributed by atoms with E-state index in [0.717, 1.165) is 18.5 Å². The lowest BCUT2D eigenvalue weighted by Gasteiger charge is -2.31. The molecule has 4 nitrogen and oxygen atoms in total. The maximum Gasteiger partial charge on any atom is 0.251 e. The van der Waals surface area contributed by atoms with Gasteiger partial charge in [0.05, 0.1) is 6.61 Å². The summed E-state index contributed by atoms with van der Waals surface area (Å²) in [5.74, 6) is 0.986. The van der Waals surface area contributed by atoms with Crippen LogP contribution < -0.4 is 0 Å². The van der Waals surface area contributed by atoms with Gasteiger partial charge in [-0.25, -0.2) is 0 Å². The Balaban J connectivity index is 1.61. The fourth-order valence-electron chi connectivity index (χ4n) is 2.62. The van der Waals surface area contributed by atoms with Crippen LogP contribution in [0.3, 0.4) is 0 Å². The predicted octanol–water partition coefficient (Wildman–Crippen LogP) is 2.09. The van der Waals surface area contributed by atoms with Crippen LogP contribution in [-0.4, -0.2) is 35.2 Å². The number of aromatic hydroxyl groups is 1. The van der Waals surface area contributed by atoms with Crippen LogP contribution in [-0.2, 0) is 22.5 Å². The SMILES string of the molecule is C[C@H](OCC1CC1)C(=O)N1CCc2ccc(O)cc2C1. The number of nitrogens with zero attached hydrogens (tertiary/aromatic N) is 1. The molecule has 0 spiro atoms.